The van der Waals surface area contributed by atoms with Gasteiger partial charge in [0.05, 0.1) is 29.0 Å². The Kier molecular flexibility index (Phi) is 6.87. The van der Waals surface area contributed by atoms with Crippen molar-refractivity contribution in [3.63, 3.8) is 0 Å². The molecule has 3 amide bonds. The van der Waals surface area contributed by atoms with E-state index in [2.05, 4.69) is 20.5 Å². The number of rotatable bonds is 6. The number of alkyl carbamates (subject to hydrolysis) is 1. The number of nitrogens with one attached hydrogen (secondary N) is 2. The highest BCUT2D eigenvalue weighted by Crippen LogP contribution is 2.26. The number of amides is 3. The van der Waals surface area contributed by atoms with Crippen molar-refractivity contribution in [3.05, 3.63) is 46.3 Å². The molecule has 3 aromatic rings. The van der Waals surface area contributed by atoms with Gasteiger partial charge < -0.3 is 14.8 Å². The van der Waals surface area contributed by atoms with Crippen molar-refractivity contribution in [1.82, 2.24) is 15.2 Å². The van der Waals surface area contributed by atoms with Crippen LogP contribution in [0.2, 0.25) is 0 Å². The summed E-state index contributed by atoms with van der Waals surface area (Å²) >= 11 is 2.45. The quantitative estimate of drug-likeness (QED) is 0.582. The molecule has 3 heterocycles. The number of ether oxygens (including phenoxy) is 2. The number of aromatic nitrogens is 1. The molecule has 0 bridgehead atoms. The van der Waals surface area contributed by atoms with Crippen molar-refractivity contribution in [3.8, 4) is 0 Å². The van der Waals surface area contributed by atoms with Crippen LogP contribution in [0, 0.1) is 0 Å². The van der Waals surface area contributed by atoms with Crippen LogP contribution in [-0.2, 0) is 9.47 Å². The van der Waals surface area contributed by atoms with Crippen LogP contribution >= 0.6 is 22.7 Å². The first-order valence-corrected chi connectivity index (χ1v) is 11.3. The van der Waals surface area contributed by atoms with Crippen LogP contribution in [0.3, 0.4) is 0 Å². The van der Waals surface area contributed by atoms with E-state index in [1.54, 1.807) is 5.38 Å². The summed E-state index contributed by atoms with van der Waals surface area (Å²) in [6.07, 6.45) is -0.826. The minimum Gasteiger partial charge on any atom is -0.448 e. The molecule has 0 radical (unpaired) electrons. The molecule has 0 aliphatic carbocycles. The molecule has 0 atom stereocenters. The van der Waals surface area contributed by atoms with Gasteiger partial charge in [0, 0.05) is 19.6 Å². The number of benzene rings is 1. The zero-order chi connectivity index (χ0) is 21.6. The van der Waals surface area contributed by atoms with Crippen LogP contribution in [0.5, 0.6) is 0 Å². The third-order valence-corrected chi connectivity index (χ3v) is 6.45. The van der Waals surface area contributed by atoms with Gasteiger partial charge >= 0.3 is 6.09 Å². The highest BCUT2D eigenvalue weighted by molar-refractivity contribution is 7.20. The van der Waals surface area contributed by atoms with Gasteiger partial charge in [-0.3, -0.25) is 19.8 Å². The number of anilines is 1. The van der Waals surface area contributed by atoms with Crippen LogP contribution < -0.4 is 10.6 Å². The number of carbonyl (C=O) groups is 3. The molecule has 1 fully saturated rings. The van der Waals surface area contributed by atoms with Gasteiger partial charge in [-0.2, -0.15) is 0 Å². The Hall–Kier alpha value is -2.86. The average Bonchev–Trinajstić information content (AvgIpc) is 3.41. The smallest absolute Gasteiger partial charge is 0.414 e. The number of hydrogen-bond acceptors (Lipinski definition) is 9. The van der Waals surface area contributed by atoms with E-state index in [0.717, 1.165) is 23.3 Å². The first-order valence-electron chi connectivity index (χ1n) is 9.63. The lowest BCUT2D eigenvalue weighted by Gasteiger charge is -2.26. The summed E-state index contributed by atoms with van der Waals surface area (Å²) in [7, 11) is 0. The second-order valence-corrected chi connectivity index (χ2v) is 8.60. The number of para-hydroxylation sites is 1. The summed E-state index contributed by atoms with van der Waals surface area (Å²) in [4.78, 5) is 43.4. The highest BCUT2D eigenvalue weighted by atomic mass is 32.1. The Labute approximate surface area is 186 Å². The second-order valence-electron chi connectivity index (χ2n) is 6.65. The number of nitrogens with zero attached hydrogens (tertiary/aromatic N) is 2. The Bertz CT molecular complexity index is 1060. The van der Waals surface area contributed by atoms with Crippen molar-refractivity contribution >= 4 is 55.8 Å². The largest absolute Gasteiger partial charge is 0.448 e. The Morgan fingerprint density at radius 3 is 2.74 bits per heavy atom. The van der Waals surface area contributed by atoms with E-state index in [9.17, 15) is 14.4 Å². The number of morpholine rings is 1. The zero-order valence-electron chi connectivity index (χ0n) is 16.5. The fourth-order valence-corrected chi connectivity index (χ4v) is 4.64. The predicted octanol–water partition coefficient (Wildman–Crippen LogP) is 2.81. The van der Waals surface area contributed by atoms with Crippen molar-refractivity contribution < 1.29 is 23.9 Å². The van der Waals surface area contributed by atoms with Gasteiger partial charge in [-0.25, -0.2) is 9.78 Å². The number of carbonyl (C=O) groups excluding carboxylic acids is 3. The number of hydrogen-bond donors (Lipinski definition) is 2. The molecule has 2 N–H and O–H groups in total. The minimum atomic E-state index is -0.826. The van der Waals surface area contributed by atoms with Gasteiger partial charge in [-0.15, -0.1) is 22.7 Å². The van der Waals surface area contributed by atoms with Crippen molar-refractivity contribution in [2.24, 2.45) is 0 Å². The zero-order valence-corrected chi connectivity index (χ0v) is 18.1. The summed E-state index contributed by atoms with van der Waals surface area (Å²) in [5.41, 5.74) is 0.922. The lowest BCUT2D eigenvalue weighted by molar-refractivity contribution is 0.0281. The first kappa shape index (κ1) is 21.4. The van der Waals surface area contributed by atoms with Crippen LogP contribution in [0.25, 0.3) is 10.2 Å². The van der Waals surface area contributed by atoms with Crippen LogP contribution in [0.15, 0.2) is 35.7 Å². The molecular weight excluding hydrogens is 440 g/mol. The SMILES string of the molecule is O=C(NC(=O)c1ccsc1NC(=O)c1nc2ccccc2s1)OCCN1CCOCC1. The van der Waals surface area contributed by atoms with Crippen LogP contribution in [-0.4, -0.2) is 67.2 Å². The standard InChI is InChI=1S/C20H20N4O5S2/c25-16(23-20(27)29-11-8-24-6-9-28-10-7-24)13-5-12-30-18(13)22-17(26)19-21-14-3-1-2-4-15(14)31-19/h1-5,12H,6-11H2,(H,22,26)(H,23,25,27). The van der Waals surface area contributed by atoms with E-state index in [0.29, 0.717) is 29.8 Å². The third-order valence-electron chi connectivity index (χ3n) is 4.59. The first-order chi connectivity index (χ1) is 15.1. The second kappa shape index (κ2) is 9.96. The van der Waals surface area contributed by atoms with Gasteiger partial charge in [0.15, 0.2) is 5.01 Å². The maximum atomic E-state index is 12.6. The fraction of sp³-hybridized carbons (Fsp3) is 0.300. The number of thiazole rings is 1. The van der Waals surface area contributed by atoms with Crippen LogP contribution in [0.4, 0.5) is 9.80 Å². The maximum Gasteiger partial charge on any atom is 0.414 e. The van der Waals surface area contributed by atoms with Crippen molar-refractivity contribution in [1.29, 1.82) is 0 Å². The average molecular weight is 461 g/mol. The Morgan fingerprint density at radius 1 is 1.13 bits per heavy atom. The molecule has 0 spiro atoms. The summed E-state index contributed by atoms with van der Waals surface area (Å²) in [6, 6.07) is 8.99. The summed E-state index contributed by atoms with van der Waals surface area (Å²) in [5.74, 6) is -1.05. The van der Waals surface area contributed by atoms with Gasteiger partial charge in [0.25, 0.3) is 11.8 Å². The number of thiophene rings is 1. The molecule has 1 aromatic carbocycles. The lowest BCUT2D eigenvalue weighted by atomic mass is 10.3. The van der Waals surface area contributed by atoms with E-state index < -0.39 is 17.9 Å². The van der Waals surface area contributed by atoms with E-state index in [4.69, 9.17) is 9.47 Å². The van der Waals surface area contributed by atoms with Gasteiger partial charge in [-0.1, -0.05) is 12.1 Å². The summed E-state index contributed by atoms with van der Waals surface area (Å²) in [6.45, 7) is 3.65. The molecule has 0 unspecified atom stereocenters. The summed E-state index contributed by atoms with van der Waals surface area (Å²) < 4.78 is 11.3. The normalized spacial score (nSPS) is 14.3. The van der Waals surface area contributed by atoms with E-state index in [1.165, 1.54) is 28.7 Å². The predicted molar refractivity (Wildman–Crippen MR) is 118 cm³/mol. The molecule has 31 heavy (non-hydrogen) atoms. The molecule has 9 nitrogen and oxygen atoms in total. The van der Waals surface area contributed by atoms with E-state index >= 15 is 0 Å². The highest BCUT2D eigenvalue weighted by Gasteiger charge is 2.20. The van der Waals surface area contributed by atoms with E-state index in [1.807, 2.05) is 24.3 Å². The van der Waals surface area contributed by atoms with Gasteiger partial charge in [-0.05, 0) is 23.6 Å². The van der Waals surface area contributed by atoms with Crippen molar-refractivity contribution in [2.45, 2.75) is 0 Å². The molecular formula is C20H20N4O5S2. The lowest BCUT2D eigenvalue weighted by Crippen LogP contribution is -2.39. The molecule has 0 saturated carbocycles. The molecule has 4 rings (SSSR count). The van der Waals surface area contributed by atoms with Crippen LogP contribution in [0.1, 0.15) is 20.2 Å². The van der Waals surface area contributed by atoms with Crippen molar-refractivity contribution in [2.75, 3.05) is 44.8 Å². The fourth-order valence-electron chi connectivity index (χ4n) is 3.00. The topological polar surface area (TPSA) is 110 Å². The number of fused-ring (bicyclic) bond motifs is 1. The monoisotopic (exact) mass is 460 g/mol. The minimum absolute atomic E-state index is 0.171. The molecule has 11 heteroatoms. The molecule has 1 saturated heterocycles. The Morgan fingerprint density at radius 2 is 1.94 bits per heavy atom. The maximum absolute atomic E-state index is 12.6. The molecule has 2 aromatic heterocycles. The molecule has 1 aliphatic heterocycles. The van der Waals surface area contributed by atoms with Gasteiger partial charge in [0.1, 0.15) is 11.6 Å². The number of imide groups is 1. The van der Waals surface area contributed by atoms with Gasteiger partial charge in [0.2, 0.25) is 0 Å². The summed E-state index contributed by atoms with van der Waals surface area (Å²) in [5, 5.41) is 7.19. The van der Waals surface area contributed by atoms with E-state index in [-0.39, 0.29) is 12.2 Å². The molecule has 162 valence electrons. The third kappa shape index (κ3) is 5.44. The Balaban J connectivity index is 1.31. The molecule has 1 aliphatic rings.